The van der Waals surface area contributed by atoms with Crippen LogP contribution < -0.4 is 5.32 Å². The fraction of sp³-hybridized carbons (Fsp3) is 0.440. The summed E-state index contributed by atoms with van der Waals surface area (Å²) in [5, 5.41) is 11.8. The average molecular weight is 587 g/mol. The Kier molecular flexibility index (Phi) is 6.81. The molecule has 3 aliphatic rings. The first-order valence-electron chi connectivity index (χ1n) is 11.8. The lowest BCUT2D eigenvalue weighted by Crippen LogP contribution is -2.51. The van der Waals surface area contributed by atoms with Crippen molar-refractivity contribution < 1.29 is 27.2 Å². The number of nitriles is 1. The van der Waals surface area contributed by atoms with E-state index in [0.717, 1.165) is 36.0 Å². The van der Waals surface area contributed by atoms with Crippen molar-refractivity contribution in [2.24, 2.45) is 0 Å². The Morgan fingerprint density at radius 1 is 1.18 bits per heavy atom. The minimum atomic E-state index is -4.57. The number of hydrogen-bond donors (Lipinski definition) is 1. The molecule has 2 aliphatic carbocycles. The number of carbonyl (C=O) groups excluding carboxylic acids is 2. The van der Waals surface area contributed by atoms with E-state index in [1.54, 1.807) is 0 Å². The minimum absolute atomic E-state index is 0.0185. The Morgan fingerprint density at radius 3 is 2.47 bits per heavy atom. The fourth-order valence-corrected chi connectivity index (χ4v) is 6.38. The van der Waals surface area contributed by atoms with E-state index in [1.165, 1.54) is 11.1 Å². The molecule has 1 saturated heterocycles. The summed E-state index contributed by atoms with van der Waals surface area (Å²) in [5.41, 5.74) is -3.16. The molecule has 2 saturated carbocycles. The standard InChI is InChI=1S/C25H20Cl2F4N4O2S/c26-14-8-17(28)20(33-10-14)24(5-6-24)22(37)35-11-15(9-18(35)21(36)34-23(12-32)3-4-23)38-19-7-13(25(29,30)31)1-2-16(19)27/h1-2,7-8,10,15,18H,3-6,9,11H2,(H,34,36)/t15?,18-/m0/s1. The van der Waals surface area contributed by atoms with Crippen LogP contribution in [0.5, 0.6) is 0 Å². The van der Waals surface area contributed by atoms with Crippen molar-refractivity contribution in [3.05, 3.63) is 57.6 Å². The first-order chi connectivity index (χ1) is 17.9. The number of thioether (sulfide) groups is 1. The third-order valence-electron chi connectivity index (χ3n) is 7.13. The van der Waals surface area contributed by atoms with Gasteiger partial charge in [-0.05, 0) is 56.4 Å². The molecule has 2 aromatic rings. The summed E-state index contributed by atoms with van der Waals surface area (Å²) in [7, 11) is 0. The summed E-state index contributed by atoms with van der Waals surface area (Å²) in [6.07, 6.45) is -1.59. The normalized spacial score (nSPS) is 23.0. The zero-order valence-electron chi connectivity index (χ0n) is 19.6. The number of pyridine rings is 1. The van der Waals surface area contributed by atoms with Gasteiger partial charge in [-0.2, -0.15) is 18.4 Å². The molecule has 3 fully saturated rings. The van der Waals surface area contributed by atoms with Crippen molar-refractivity contribution >= 4 is 46.8 Å². The predicted octanol–water partition coefficient (Wildman–Crippen LogP) is 5.51. The first-order valence-corrected chi connectivity index (χ1v) is 13.4. The SMILES string of the molecule is N#CC1(NC(=O)[C@@H]2CC(Sc3cc(C(F)(F)F)ccc3Cl)CN2C(=O)C2(c3ncc(Cl)cc3F)CC2)CC1. The van der Waals surface area contributed by atoms with Crippen LogP contribution in [0.25, 0.3) is 0 Å². The lowest BCUT2D eigenvalue weighted by Gasteiger charge is -2.28. The average Bonchev–Trinajstić information content (AvgIpc) is 3.77. The van der Waals surface area contributed by atoms with E-state index in [9.17, 15) is 32.4 Å². The summed E-state index contributed by atoms with van der Waals surface area (Å²) in [6.45, 7) is 0.0185. The minimum Gasteiger partial charge on any atom is -0.336 e. The van der Waals surface area contributed by atoms with Gasteiger partial charge in [0.2, 0.25) is 11.8 Å². The van der Waals surface area contributed by atoms with Gasteiger partial charge in [-0.1, -0.05) is 23.2 Å². The maximum atomic E-state index is 14.8. The molecule has 2 amide bonds. The number of carbonyl (C=O) groups is 2. The van der Waals surface area contributed by atoms with Crippen LogP contribution in [0.2, 0.25) is 10.0 Å². The third kappa shape index (κ3) is 5.06. The van der Waals surface area contributed by atoms with Crippen LogP contribution in [0.1, 0.15) is 43.4 Å². The third-order valence-corrected chi connectivity index (χ3v) is 9.04. The summed E-state index contributed by atoms with van der Waals surface area (Å²) in [5.74, 6) is -1.76. The number of nitrogens with one attached hydrogen (secondary N) is 1. The van der Waals surface area contributed by atoms with Crippen LogP contribution in [0, 0.1) is 17.1 Å². The molecule has 0 spiro atoms. The highest BCUT2D eigenvalue weighted by molar-refractivity contribution is 8.00. The molecule has 200 valence electrons. The molecule has 38 heavy (non-hydrogen) atoms. The summed E-state index contributed by atoms with van der Waals surface area (Å²) in [6, 6.07) is 5.13. The van der Waals surface area contributed by atoms with Crippen molar-refractivity contribution in [2.45, 2.75) is 65.4 Å². The second-order valence-electron chi connectivity index (χ2n) is 9.84. The number of halogens is 6. The second kappa shape index (κ2) is 9.57. The molecule has 0 radical (unpaired) electrons. The number of benzene rings is 1. The quantitative estimate of drug-likeness (QED) is 0.451. The van der Waals surface area contributed by atoms with Crippen LogP contribution in [0.3, 0.4) is 0 Å². The number of hydrogen-bond acceptors (Lipinski definition) is 5. The largest absolute Gasteiger partial charge is 0.416 e. The molecular weight excluding hydrogens is 567 g/mol. The fourth-order valence-electron chi connectivity index (χ4n) is 4.73. The number of likely N-dealkylation sites (tertiary alicyclic amines) is 1. The van der Waals surface area contributed by atoms with Crippen molar-refractivity contribution in [3.63, 3.8) is 0 Å². The summed E-state index contributed by atoms with van der Waals surface area (Å²) >= 11 is 13.1. The van der Waals surface area contributed by atoms with E-state index in [0.29, 0.717) is 25.7 Å². The van der Waals surface area contributed by atoms with E-state index in [2.05, 4.69) is 16.4 Å². The van der Waals surface area contributed by atoms with Crippen LogP contribution in [-0.2, 0) is 21.2 Å². The molecule has 2 heterocycles. The molecule has 1 aromatic carbocycles. The molecule has 1 N–H and O–H groups in total. The van der Waals surface area contributed by atoms with Gasteiger partial charge < -0.3 is 10.2 Å². The zero-order valence-corrected chi connectivity index (χ0v) is 21.9. The monoisotopic (exact) mass is 586 g/mol. The highest BCUT2D eigenvalue weighted by atomic mass is 35.5. The van der Waals surface area contributed by atoms with Crippen LogP contribution in [0.15, 0.2) is 35.4 Å². The van der Waals surface area contributed by atoms with Crippen molar-refractivity contribution in [3.8, 4) is 6.07 Å². The van der Waals surface area contributed by atoms with E-state index in [1.807, 2.05) is 0 Å². The maximum Gasteiger partial charge on any atom is 0.416 e. The van der Waals surface area contributed by atoms with E-state index in [-0.39, 0.29) is 33.6 Å². The van der Waals surface area contributed by atoms with Crippen LogP contribution >= 0.6 is 35.0 Å². The number of rotatable bonds is 6. The molecule has 1 aliphatic heterocycles. The molecule has 5 rings (SSSR count). The van der Waals surface area contributed by atoms with Crippen molar-refractivity contribution in [1.82, 2.24) is 15.2 Å². The number of aromatic nitrogens is 1. The van der Waals surface area contributed by atoms with Crippen LogP contribution in [0.4, 0.5) is 17.6 Å². The Labute approximate surface area is 229 Å². The molecule has 1 unspecified atom stereocenters. The first kappa shape index (κ1) is 27.0. The predicted molar refractivity (Wildman–Crippen MR) is 132 cm³/mol. The maximum absolute atomic E-state index is 14.8. The highest BCUT2D eigenvalue weighted by Crippen LogP contribution is 2.51. The highest BCUT2D eigenvalue weighted by Gasteiger charge is 2.59. The molecular formula is C25H20Cl2F4N4O2S. The number of amides is 2. The smallest absolute Gasteiger partial charge is 0.336 e. The van der Waals surface area contributed by atoms with Crippen molar-refractivity contribution in [1.29, 1.82) is 5.26 Å². The topological polar surface area (TPSA) is 86.1 Å². The Morgan fingerprint density at radius 2 is 1.89 bits per heavy atom. The number of alkyl halides is 3. The van der Waals surface area contributed by atoms with Gasteiger partial charge >= 0.3 is 6.18 Å². The van der Waals surface area contributed by atoms with Crippen molar-refractivity contribution in [2.75, 3.05) is 6.54 Å². The van der Waals surface area contributed by atoms with Crippen LogP contribution in [-0.4, -0.2) is 45.1 Å². The van der Waals surface area contributed by atoms with Gasteiger partial charge in [-0.3, -0.25) is 14.6 Å². The molecule has 6 nitrogen and oxygen atoms in total. The van der Waals surface area contributed by atoms with Gasteiger partial charge in [0.1, 0.15) is 17.4 Å². The van der Waals surface area contributed by atoms with Gasteiger partial charge in [0.05, 0.1) is 32.8 Å². The lowest BCUT2D eigenvalue weighted by molar-refractivity contribution is -0.140. The van der Waals surface area contributed by atoms with Gasteiger partial charge in [-0.25, -0.2) is 4.39 Å². The molecule has 13 heteroatoms. The van der Waals surface area contributed by atoms with Gasteiger partial charge in [0.15, 0.2) is 0 Å². The van der Waals surface area contributed by atoms with E-state index < -0.39 is 51.6 Å². The lowest BCUT2D eigenvalue weighted by atomic mass is 9.98. The number of nitrogens with zero attached hydrogens (tertiary/aromatic N) is 3. The molecule has 2 atom stereocenters. The zero-order chi connectivity index (χ0) is 27.5. The second-order valence-corrected chi connectivity index (χ2v) is 12.0. The molecule has 0 bridgehead atoms. The van der Waals surface area contributed by atoms with E-state index >= 15 is 0 Å². The van der Waals surface area contributed by atoms with Gasteiger partial charge in [0, 0.05) is 22.9 Å². The Balaban J connectivity index is 1.43. The Hall–Kier alpha value is -2.55. The summed E-state index contributed by atoms with van der Waals surface area (Å²) in [4.78, 5) is 32.7. The Bertz CT molecular complexity index is 1360. The van der Waals surface area contributed by atoms with Gasteiger partial charge in [-0.15, -0.1) is 11.8 Å². The summed E-state index contributed by atoms with van der Waals surface area (Å²) < 4.78 is 54.6. The molecule has 1 aromatic heterocycles. The van der Waals surface area contributed by atoms with Gasteiger partial charge in [0.25, 0.3) is 0 Å². The van der Waals surface area contributed by atoms with E-state index in [4.69, 9.17) is 23.2 Å².